The van der Waals surface area contributed by atoms with Crippen LogP contribution < -0.4 is 9.64 Å². The van der Waals surface area contributed by atoms with Crippen molar-refractivity contribution in [3.05, 3.63) is 60.4 Å². The number of ether oxygens (including phenoxy) is 2. The standard InChI is InChI=1S/C22H25FN2O4/c1-16(29-22(27)17(2)28-20-10-8-18(23)9-11-20)21(26)25-14-12-24(13-15-25)19-6-4-3-5-7-19/h3-11,16-17H,12-15H2,1-2H3/t16-,17+/m0/s1. The lowest BCUT2D eigenvalue weighted by Crippen LogP contribution is -2.52. The Bertz CT molecular complexity index is 820. The van der Waals surface area contributed by atoms with Gasteiger partial charge in [0.2, 0.25) is 0 Å². The third-order valence-corrected chi connectivity index (χ3v) is 4.81. The van der Waals surface area contributed by atoms with E-state index in [-0.39, 0.29) is 11.7 Å². The van der Waals surface area contributed by atoms with E-state index in [4.69, 9.17) is 9.47 Å². The summed E-state index contributed by atoms with van der Waals surface area (Å²) in [6.45, 7) is 5.67. The van der Waals surface area contributed by atoms with E-state index < -0.39 is 18.2 Å². The number of benzene rings is 2. The van der Waals surface area contributed by atoms with Gasteiger partial charge in [-0.2, -0.15) is 0 Å². The lowest BCUT2D eigenvalue weighted by Gasteiger charge is -2.37. The number of rotatable bonds is 6. The molecule has 1 aliphatic rings. The van der Waals surface area contributed by atoms with Crippen LogP contribution in [0.15, 0.2) is 54.6 Å². The van der Waals surface area contributed by atoms with E-state index in [1.807, 2.05) is 30.3 Å². The molecule has 1 amide bonds. The largest absolute Gasteiger partial charge is 0.479 e. The Kier molecular flexibility index (Phi) is 6.69. The Morgan fingerprint density at radius 2 is 1.52 bits per heavy atom. The smallest absolute Gasteiger partial charge is 0.347 e. The number of nitrogens with zero attached hydrogens (tertiary/aromatic N) is 2. The summed E-state index contributed by atoms with van der Waals surface area (Å²) in [5, 5.41) is 0. The number of carbonyl (C=O) groups is 2. The van der Waals surface area contributed by atoms with Gasteiger partial charge in [0.1, 0.15) is 11.6 Å². The number of esters is 1. The Morgan fingerprint density at radius 3 is 2.14 bits per heavy atom. The molecule has 0 saturated carbocycles. The van der Waals surface area contributed by atoms with E-state index in [1.54, 1.807) is 11.8 Å². The summed E-state index contributed by atoms with van der Waals surface area (Å²) in [4.78, 5) is 28.8. The van der Waals surface area contributed by atoms with Gasteiger partial charge in [0.05, 0.1) is 0 Å². The van der Waals surface area contributed by atoms with E-state index in [9.17, 15) is 14.0 Å². The molecule has 3 rings (SSSR count). The SMILES string of the molecule is C[C@H](OC(=O)[C@@H](C)Oc1ccc(F)cc1)C(=O)N1CCN(c2ccccc2)CC1. The minimum atomic E-state index is -0.911. The molecular formula is C22H25FN2O4. The lowest BCUT2D eigenvalue weighted by atomic mass is 10.2. The van der Waals surface area contributed by atoms with Crippen LogP contribution in [0.25, 0.3) is 0 Å². The summed E-state index contributed by atoms with van der Waals surface area (Å²) in [6.07, 6.45) is -1.81. The Balaban J connectivity index is 1.47. The van der Waals surface area contributed by atoms with Gasteiger partial charge in [0, 0.05) is 31.9 Å². The summed E-state index contributed by atoms with van der Waals surface area (Å²) in [7, 11) is 0. The predicted octanol–water partition coefficient (Wildman–Crippen LogP) is 2.87. The van der Waals surface area contributed by atoms with Crippen LogP contribution in [0, 0.1) is 5.82 Å². The molecule has 0 unspecified atom stereocenters. The molecule has 0 aliphatic carbocycles. The van der Waals surface area contributed by atoms with E-state index in [1.165, 1.54) is 31.2 Å². The summed E-state index contributed by atoms with van der Waals surface area (Å²) >= 11 is 0. The van der Waals surface area contributed by atoms with Crippen molar-refractivity contribution in [1.82, 2.24) is 4.90 Å². The number of hydrogen-bond acceptors (Lipinski definition) is 5. The lowest BCUT2D eigenvalue weighted by molar-refractivity contribution is -0.164. The normalized spacial score (nSPS) is 16.1. The Hall–Kier alpha value is -3.09. The van der Waals surface area contributed by atoms with Crippen molar-refractivity contribution in [2.45, 2.75) is 26.1 Å². The molecule has 154 valence electrons. The fraction of sp³-hybridized carbons (Fsp3) is 0.364. The first-order valence-corrected chi connectivity index (χ1v) is 9.65. The van der Waals surface area contributed by atoms with Crippen LogP contribution in [-0.2, 0) is 14.3 Å². The highest BCUT2D eigenvalue weighted by atomic mass is 19.1. The maximum Gasteiger partial charge on any atom is 0.347 e. The summed E-state index contributed by atoms with van der Waals surface area (Å²) in [6, 6.07) is 15.4. The van der Waals surface area contributed by atoms with Crippen LogP contribution in [0.1, 0.15) is 13.8 Å². The molecule has 2 aromatic carbocycles. The van der Waals surface area contributed by atoms with Crippen LogP contribution in [-0.4, -0.2) is 55.2 Å². The first kappa shape index (κ1) is 20.6. The number of carbonyl (C=O) groups excluding carboxylic acids is 2. The molecule has 7 heteroatoms. The van der Waals surface area contributed by atoms with Crippen molar-refractivity contribution in [2.24, 2.45) is 0 Å². The van der Waals surface area contributed by atoms with Gasteiger partial charge in [-0.25, -0.2) is 9.18 Å². The van der Waals surface area contributed by atoms with Gasteiger partial charge in [0.15, 0.2) is 12.2 Å². The summed E-state index contributed by atoms with van der Waals surface area (Å²) < 4.78 is 23.7. The molecule has 1 aliphatic heterocycles. The van der Waals surface area contributed by atoms with Gasteiger partial charge in [-0.05, 0) is 50.2 Å². The number of anilines is 1. The van der Waals surface area contributed by atoms with Crippen molar-refractivity contribution >= 4 is 17.6 Å². The van der Waals surface area contributed by atoms with Crippen molar-refractivity contribution in [2.75, 3.05) is 31.1 Å². The Morgan fingerprint density at radius 1 is 0.897 bits per heavy atom. The summed E-state index contributed by atoms with van der Waals surface area (Å²) in [5.41, 5.74) is 1.13. The van der Waals surface area contributed by atoms with Crippen LogP contribution in [0.4, 0.5) is 10.1 Å². The zero-order valence-corrected chi connectivity index (χ0v) is 16.6. The third-order valence-electron chi connectivity index (χ3n) is 4.81. The molecule has 0 bridgehead atoms. The second-order valence-corrected chi connectivity index (χ2v) is 6.94. The molecule has 6 nitrogen and oxygen atoms in total. The molecule has 2 aromatic rings. The molecule has 1 saturated heterocycles. The molecular weight excluding hydrogens is 375 g/mol. The molecule has 0 N–H and O–H groups in total. The van der Waals surface area contributed by atoms with Crippen LogP contribution in [0.3, 0.4) is 0 Å². The van der Waals surface area contributed by atoms with Crippen molar-refractivity contribution in [3.63, 3.8) is 0 Å². The highest BCUT2D eigenvalue weighted by Crippen LogP contribution is 2.17. The van der Waals surface area contributed by atoms with Gasteiger partial charge in [0.25, 0.3) is 5.91 Å². The van der Waals surface area contributed by atoms with E-state index in [2.05, 4.69) is 4.90 Å². The minimum absolute atomic E-state index is 0.222. The third kappa shape index (κ3) is 5.47. The fourth-order valence-corrected chi connectivity index (χ4v) is 3.17. The molecule has 0 aromatic heterocycles. The average molecular weight is 400 g/mol. The zero-order chi connectivity index (χ0) is 20.8. The maximum atomic E-state index is 12.9. The Labute approximate surface area is 169 Å². The molecule has 2 atom stereocenters. The monoisotopic (exact) mass is 400 g/mol. The fourth-order valence-electron chi connectivity index (χ4n) is 3.17. The van der Waals surface area contributed by atoms with Crippen molar-refractivity contribution in [1.29, 1.82) is 0 Å². The predicted molar refractivity (Wildman–Crippen MR) is 107 cm³/mol. The molecule has 29 heavy (non-hydrogen) atoms. The molecule has 0 radical (unpaired) electrons. The topological polar surface area (TPSA) is 59.1 Å². The van der Waals surface area contributed by atoms with Gasteiger partial charge in [-0.3, -0.25) is 4.79 Å². The highest BCUT2D eigenvalue weighted by Gasteiger charge is 2.29. The zero-order valence-electron chi connectivity index (χ0n) is 16.6. The van der Waals surface area contributed by atoms with Gasteiger partial charge >= 0.3 is 5.97 Å². The van der Waals surface area contributed by atoms with Gasteiger partial charge in [-0.1, -0.05) is 18.2 Å². The molecule has 1 heterocycles. The quantitative estimate of drug-likeness (QED) is 0.698. The second-order valence-electron chi connectivity index (χ2n) is 6.94. The van der Waals surface area contributed by atoms with E-state index >= 15 is 0 Å². The van der Waals surface area contributed by atoms with Crippen molar-refractivity contribution in [3.8, 4) is 5.75 Å². The number of halogens is 1. The van der Waals surface area contributed by atoms with Crippen LogP contribution in [0.2, 0.25) is 0 Å². The number of amides is 1. The number of piperazine rings is 1. The first-order valence-electron chi connectivity index (χ1n) is 9.65. The second kappa shape index (κ2) is 9.41. The van der Waals surface area contributed by atoms with Gasteiger partial charge in [-0.15, -0.1) is 0 Å². The number of para-hydroxylation sites is 1. The average Bonchev–Trinajstić information content (AvgIpc) is 2.75. The summed E-state index contributed by atoms with van der Waals surface area (Å²) in [5.74, 6) is -0.899. The maximum absolute atomic E-state index is 12.9. The van der Waals surface area contributed by atoms with Crippen LogP contribution in [0.5, 0.6) is 5.75 Å². The molecule has 0 spiro atoms. The first-order chi connectivity index (χ1) is 13.9. The van der Waals surface area contributed by atoms with E-state index in [0.717, 1.165) is 18.8 Å². The highest BCUT2D eigenvalue weighted by molar-refractivity contribution is 5.84. The molecule has 1 fully saturated rings. The van der Waals surface area contributed by atoms with Gasteiger partial charge < -0.3 is 19.3 Å². The van der Waals surface area contributed by atoms with Crippen molar-refractivity contribution < 1.29 is 23.5 Å². The minimum Gasteiger partial charge on any atom is -0.479 e. The number of hydrogen-bond donors (Lipinski definition) is 0. The van der Waals surface area contributed by atoms with Crippen LogP contribution >= 0.6 is 0 Å². The van der Waals surface area contributed by atoms with E-state index in [0.29, 0.717) is 18.8 Å².